The summed E-state index contributed by atoms with van der Waals surface area (Å²) in [6, 6.07) is 8.64. The third-order valence-electron chi connectivity index (χ3n) is 2.75. The van der Waals surface area contributed by atoms with Gasteiger partial charge < -0.3 is 5.32 Å². The highest BCUT2D eigenvalue weighted by atomic mass is 79.9. The van der Waals surface area contributed by atoms with Gasteiger partial charge in [0.2, 0.25) is 0 Å². The molecule has 2 rings (SSSR count). The van der Waals surface area contributed by atoms with Gasteiger partial charge in [-0.15, -0.1) is 11.3 Å². The molecule has 0 aliphatic rings. The lowest BCUT2D eigenvalue weighted by Crippen LogP contribution is -2.11. The van der Waals surface area contributed by atoms with Gasteiger partial charge in [0.1, 0.15) is 5.01 Å². The van der Waals surface area contributed by atoms with Gasteiger partial charge in [-0.25, -0.2) is 4.98 Å². The summed E-state index contributed by atoms with van der Waals surface area (Å²) >= 11 is 5.21. The smallest absolute Gasteiger partial charge is 0.123 e. The lowest BCUT2D eigenvalue weighted by atomic mass is 10.2. The van der Waals surface area contributed by atoms with Gasteiger partial charge in [0.25, 0.3) is 0 Å². The Kier molecular flexibility index (Phi) is 3.97. The van der Waals surface area contributed by atoms with Crippen molar-refractivity contribution in [2.45, 2.75) is 19.9 Å². The van der Waals surface area contributed by atoms with E-state index in [2.05, 4.69) is 52.2 Å². The standard InChI is InChI=1S/C13H15BrN2S/c1-8(15-3)12-9(2)16-13(17-12)10-4-6-11(14)7-5-10/h4-8,15H,1-3H3. The zero-order chi connectivity index (χ0) is 12.4. The van der Waals surface area contributed by atoms with E-state index >= 15 is 0 Å². The Bertz CT molecular complexity index is 505. The molecule has 1 unspecified atom stereocenters. The number of halogens is 1. The first-order valence-electron chi connectivity index (χ1n) is 5.52. The summed E-state index contributed by atoms with van der Waals surface area (Å²) in [5, 5.41) is 4.35. The molecule has 1 aromatic heterocycles. The van der Waals surface area contributed by atoms with E-state index in [1.807, 2.05) is 19.2 Å². The van der Waals surface area contributed by atoms with Crippen molar-refractivity contribution in [1.82, 2.24) is 10.3 Å². The third-order valence-corrected chi connectivity index (χ3v) is 4.67. The van der Waals surface area contributed by atoms with E-state index in [-0.39, 0.29) is 0 Å². The minimum atomic E-state index is 0.358. The second-order valence-electron chi connectivity index (χ2n) is 3.99. The predicted molar refractivity (Wildman–Crippen MR) is 77.5 cm³/mol. The normalized spacial score (nSPS) is 12.7. The molecule has 1 N–H and O–H groups in total. The number of benzene rings is 1. The van der Waals surface area contributed by atoms with E-state index in [1.165, 1.54) is 10.4 Å². The van der Waals surface area contributed by atoms with E-state index in [9.17, 15) is 0 Å². The Balaban J connectivity index is 2.37. The van der Waals surface area contributed by atoms with Gasteiger partial charge in [-0.2, -0.15) is 0 Å². The highest BCUT2D eigenvalue weighted by Gasteiger charge is 2.13. The summed E-state index contributed by atoms with van der Waals surface area (Å²) in [6.45, 7) is 4.23. The van der Waals surface area contributed by atoms with Gasteiger partial charge in [0.15, 0.2) is 0 Å². The Morgan fingerprint density at radius 3 is 2.53 bits per heavy atom. The minimum Gasteiger partial charge on any atom is -0.312 e. The average molecular weight is 311 g/mol. The van der Waals surface area contributed by atoms with Gasteiger partial charge >= 0.3 is 0 Å². The molecule has 0 saturated carbocycles. The number of aryl methyl sites for hydroxylation is 1. The molecule has 0 aliphatic carbocycles. The van der Waals surface area contributed by atoms with Crippen LogP contribution >= 0.6 is 27.3 Å². The molecule has 0 radical (unpaired) electrons. The highest BCUT2D eigenvalue weighted by Crippen LogP contribution is 2.32. The maximum absolute atomic E-state index is 4.64. The Morgan fingerprint density at radius 2 is 1.94 bits per heavy atom. The van der Waals surface area contributed by atoms with Gasteiger partial charge in [-0.3, -0.25) is 0 Å². The number of hydrogen-bond donors (Lipinski definition) is 1. The largest absolute Gasteiger partial charge is 0.312 e. The fraction of sp³-hybridized carbons (Fsp3) is 0.308. The first kappa shape index (κ1) is 12.7. The molecule has 2 nitrogen and oxygen atoms in total. The van der Waals surface area contributed by atoms with Gasteiger partial charge in [-0.05, 0) is 33.0 Å². The third kappa shape index (κ3) is 2.76. The summed E-state index contributed by atoms with van der Waals surface area (Å²) in [4.78, 5) is 5.95. The summed E-state index contributed by atoms with van der Waals surface area (Å²) in [7, 11) is 1.98. The molecule has 1 atom stereocenters. The Morgan fingerprint density at radius 1 is 1.29 bits per heavy atom. The zero-order valence-corrected chi connectivity index (χ0v) is 12.5. The molecule has 17 heavy (non-hydrogen) atoms. The van der Waals surface area contributed by atoms with Crippen molar-refractivity contribution in [3.05, 3.63) is 39.3 Å². The summed E-state index contributed by atoms with van der Waals surface area (Å²) < 4.78 is 1.10. The first-order chi connectivity index (χ1) is 8.11. The van der Waals surface area contributed by atoms with Crippen LogP contribution in [-0.2, 0) is 0 Å². The van der Waals surface area contributed by atoms with Crippen molar-refractivity contribution < 1.29 is 0 Å². The van der Waals surface area contributed by atoms with Crippen LogP contribution in [0.15, 0.2) is 28.7 Å². The quantitative estimate of drug-likeness (QED) is 0.920. The molecule has 1 aromatic carbocycles. The van der Waals surface area contributed by atoms with Crippen LogP contribution < -0.4 is 5.32 Å². The lowest BCUT2D eigenvalue weighted by molar-refractivity contribution is 0.658. The molecule has 4 heteroatoms. The number of rotatable bonds is 3. The molecular weight excluding hydrogens is 296 g/mol. The molecule has 0 amide bonds. The fourth-order valence-corrected chi connectivity index (χ4v) is 3.05. The van der Waals surface area contributed by atoms with Crippen LogP contribution in [0.4, 0.5) is 0 Å². The van der Waals surface area contributed by atoms with E-state index in [0.717, 1.165) is 15.2 Å². The maximum atomic E-state index is 4.64. The average Bonchev–Trinajstić information content (AvgIpc) is 2.71. The monoisotopic (exact) mass is 310 g/mol. The number of thiazole rings is 1. The van der Waals surface area contributed by atoms with Gasteiger partial charge in [-0.1, -0.05) is 28.1 Å². The molecule has 0 fully saturated rings. The van der Waals surface area contributed by atoms with Crippen LogP contribution in [0.1, 0.15) is 23.5 Å². The molecule has 1 heterocycles. The number of nitrogens with zero attached hydrogens (tertiary/aromatic N) is 1. The number of nitrogens with one attached hydrogen (secondary N) is 1. The van der Waals surface area contributed by atoms with Crippen LogP contribution in [-0.4, -0.2) is 12.0 Å². The molecule has 0 aliphatic heterocycles. The van der Waals surface area contributed by atoms with Gasteiger partial charge in [0.05, 0.1) is 5.69 Å². The maximum Gasteiger partial charge on any atom is 0.123 e. The Hall–Kier alpha value is -0.710. The highest BCUT2D eigenvalue weighted by molar-refractivity contribution is 9.10. The van der Waals surface area contributed by atoms with E-state index < -0.39 is 0 Å². The van der Waals surface area contributed by atoms with Crippen molar-refractivity contribution in [2.75, 3.05) is 7.05 Å². The van der Waals surface area contributed by atoms with Crippen molar-refractivity contribution >= 4 is 27.3 Å². The number of hydrogen-bond acceptors (Lipinski definition) is 3. The molecular formula is C13H15BrN2S. The van der Waals surface area contributed by atoms with Crippen LogP contribution in [0.5, 0.6) is 0 Å². The van der Waals surface area contributed by atoms with Crippen molar-refractivity contribution in [2.24, 2.45) is 0 Å². The zero-order valence-electron chi connectivity index (χ0n) is 10.1. The molecule has 0 bridgehead atoms. The fourth-order valence-electron chi connectivity index (χ4n) is 1.66. The second kappa shape index (κ2) is 5.29. The van der Waals surface area contributed by atoms with Crippen LogP contribution in [0, 0.1) is 6.92 Å². The van der Waals surface area contributed by atoms with Crippen molar-refractivity contribution in [3.63, 3.8) is 0 Å². The van der Waals surface area contributed by atoms with Crippen molar-refractivity contribution in [1.29, 1.82) is 0 Å². The van der Waals surface area contributed by atoms with Crippen LogP contribution in [0.2, 0.25) is 0 Å². The predicted octanol–water partition coefficient (Wildman–Crippen LogP) is 4.16. The minimum absolute atomic E-state index is 0.358. The van der Waals surface area contributed by atoms with Crippen molar-refractivity contribution in [3.8, 4) is 10.6 Å². The number of aromatic nitrogens is 1. The van der Waals surface area contributed by atoms with E-state index in [4.69, 9.17) is 0 Å². The SMILES string of the molecule is CNC(C)c1sc(-c2ccc(Br)cc2)nc1C. The van der Waals surface area contributed by atoms with E-state index in [1.54, 1.807) is 11.3 Å². The summed E-state index contributed by atoms with van der Waals surface area (Å²) in [5.41, 5.74) is 2.30. The van der Waals surface area contributed by atoms with Crippen LogP contribution in [0.3, 0.4) is 0 Å². The summed E-state index contributed by atoms with van der Waals surface area (Å²) in [5.74, 6) is 0. The Labute approximate surface area is 114 Å². The lowest BCUT2D eigenvalue weighted by Gasteiger charge is -2.06. The molecule has 2 aromatic rings. The van der Waals surface area contributed by atoms with E-state index in [0.29, 0.717) is 6.04 Å². The van der Waals surface area contributed by atoms with Crippen LogP contribution in [0.25, 0.3) is 10.6 Å². The molecule has 90 valence electrons. The molecule has 0 saturated heterocycles. The topological polar surface area (TPSA) is 24.9 Å². The first-order valence-corrected chi connectivity index (χ1v) is 7.13. The summed E-state index contributed by atoms with van der Waals surface area (Å²) in [6.07, 6.45) is 0. The van der Waals surface area contributed by atoms with Gasteiger partial charge in [0, 0.05) is 21.0 Å². The molecule has 0 spiro atoms. The second-order valence-corrected chi connectivity index (χ2v) is 5.93.